The molecule has 0 saturated heterocycles. The van der Waals surface area contributed by atoms with Crippen LogP contribution < -0.4 is 5.73 Å². The van der Waals surface area contributed by atoms with E-state index in [9.17, 15) is 4.79 Å². The molecule has 2 rings (SSSR count). The van der Waals surface area contributed by atoms with E-state index in [1.807, 2.05) is 20.8 Å². The molecule has 2 aromatic rings. The topological polar surface area (TPSA) is 107 Å². The van der Waals surface area contributed by atoms with Gasteiger partial charge < -0.3 is 10.8 Å². The van der Waals surface area contributed by atoms with Gasteiger partial charge in [-0.2, -0.15) is 4.68 Å². The fourth-order valence-electron chi connectivity index (χ4n) is 1.70. The molecule has 0 atom stereocenters. The zero-order valence-electron chi connectivity index (χ0n) is 11.0. The molecule has 0 bridgehead atoms. The summed E-state index contributed by atoms with van der Waals surface area (Å²) in [5, 5.41) is 20.5. The Balaban J connectivity index is 2.55. The van der Waals surface area contributed by atoms with Crippen molar-refractivity contribution in [3.8, 4) is 5.69 Å². The molecule has 1 aromatic heterocycles. The van der Waals surface area contributed by atoms with Crippen LogP contribution in [0.15, 0.2) is 18.2 Å². The van der Waals surface area contributed by atoms with E-state index in [-0.39, 0.29) is 11.0 Å². The molecule has 0 spiro atoms. The number of nitrogens with zero attached hydrogens (tertiary/aromatic N) is 4. The van der Waals surface area contributed by atoms with Crippen LogP contribution in [0, 0.1) is 0 Å². The summed E-state index contributed by atoms with van der Waals surface area (Å²) in [6, 6.07) is 4.47. The molecule has 1 aromatic carbocycles. The normalized spacial score (nSPS) is 11.5. The summed E-state index contributed by atoms with van der Waals surface area (Å²) in [7, 11) is 0. The maximum absolute atomic E-state index is 10.9. The van der Waals surface area contributed by atoms with E-state index in [2.05, 4.69) is 15.5 Å². The smallest absolute Gasteiger partial charge is 0.335 e. The molecule has 0 aliphatic heterocycles. The maximum atomic E-state index is 10.9. The van der Waals surface area contributed by atoms with Crippen LogP contribution in [0.2, 0.25) is 0 Å². The van der Waals surface area contributed by atoms with Gasteiger partial charge in [-0.3, -0.25) is 0 Å². The van der Waals surface area contributed by atoms with Crippen molar-refractivity contribution in [3.63, 3.8) is 0 Å². The average molecular weight is 261 g/mol. The number of hydrogen-bond donors (Lipinski definition) is 2. The van der Waals surface area contributed by atoms with Crippen molar-refractivity contribution >= 4 is 11.7 Å². The van der Waals surface area contributed by atoms with Crippen LogP contribution in [0.3, 0.4) is 0 Å². The Morgan fingerprint density at radius 1 is 1.37 bits per heavy atom. The van der Waals surface area contributed by atoms with Gasteiger partial charge >= 0.3 is 5.97 Å². The monoisotopic (exact) mass is 261 g/mol. The summed E-state index contributed by atoms with van der Waals surface area (Å²) in [4.78, 5) is 10.9. The van der Waals surface area contributed by atoms with Crippen molar-refractivity contribution in [1.29, 1.82) is 0 Å². The Hall–Kier alpha value is -2.44. The van der Waals surface area contributed by atoms with Crippen LogP contribution >= 0.6 is 0 Å². The summed E-state index contributed by atoms with van der Waals surface area (Å²) in [6.07, 6.45) is 0. The first-order valence-electron chi connectivity index (χ1n) is 5.73. The van der Waals surface area contributed by atoms with E-state index in [1.165, 1.54) is 16.8 Å². The lowest BCUT2D eigenvalue weighted by atomic mass is 9.95. The summed E-state index contributed by atoms with van der Waals surface area (Å²) in [6.45, 7) is 5.95. The van der Waals surface area contributed by atoms with Gasteiger partial charge in [0.25, 0.3) is 0 Å². The number of carboxylic acid groups (broad SMARTS) is 1. The molecular weight excluding hydrogens is 246 g/mol. The van der Waals surface area contributed by atoms with Gasteiger partial charge in [-0.15, -0.1) is 5.10 Å². The number of tetrazole rings is 1. The zero-order chi connectivity index (χ0) is 14.2. The number of aromatic nitrogens is 4. The van der Waals surface area contributed by atoms with E-state index in [0.29, 0.717) is 17.2 Å². The number of carbonyl (C=O) groups is 1. The van der Waals surface area contributed by atoms with Gasteiger partial charge in [-0.25, -0.2) is 4.79 Å². The molecule has 0 aliphatic rings. The van der Waals surface area contributed by atoms with Crippen molar-refractivity contribution in [3.05, 3.63) is 29.6 Å². The SMILES string of the molecule is CC(C)(C)c1nnnn1-c1ccc(C(=O)O)cc1N. The lowest BCUT2D eigenvalue weighted by Gasteiger charge is -2.17. The van der Waals surface area contributed by atoms with Crippen LogP contribution in [0.4, 0.5) is 5.69 Å². The van der Waals surface area contributed by atoms with Gasteiger partial charge in [0.05, 0.1) is 16.9 Å². The fourth-order valence-corrected chi connectivity index (χ4v) is 1.70. The minimum Gasteiger partial charge on any atom is -0.478 e. The van der Waals surface area contributed by atoms with Crippen molar-refractivity contribution in [2.45, 2.75) is 26.2 Å². The van der Waals surface area contributed by atoms with Gasteiger partial charge in [0.15, 0.2) is 5.82 Å². The molecule has 0 amide bonds. The predicted molar refractivity (Wildman–Crippen MR) is 69.2 cm³/mol. The second-order valence-corrected chi connectivity index (χ2v) is 5.24. The van der Waals surface area contributed by atoms with E-state index < -0.39 is 5.97 Å². The molecule has 0 aliphatic carbocycles. The van der Waals surface area contributed by atoms with Crippen molar-refractivity contribution in [2.75, 3.05) is 5.73 Å². The molecule has 0 unspecified atom stereocenters. The number of benzene rings is 1. The van der Waals surface area contributed by atoms with Crippen LogP contribution in [-0.4, -0.2) is 31.3 Å². The van der Waals surface area contributed by atoms with Crippen molar-refractivity contribution < 1.29 is 9.90 Å². The highest BCUT2D eigenvalue weighted by Gasteiger charge is 2.23. The highest BCUT2D eigenvalue weighted by molar-refractivity contribution is 5.89. The van der Waals surface area contributed by atoms with Gasteiger partial charge in [0.2, 0.25) is 0 Å². The number of nitrogens with two attached hydrogens (primary N) is 1. The van der Waals surface area contributed by atoms with Gasteiger partial charge in [-0.1, -0.05) is 20.8 Å². The number of anilines is 1. The van der Waals surface area contributed by atoms with E-state index >= 15 is 0 Å². The third-order valence-electron chi connectivity index (χ3n) is 2.64. The zero-order valence-corrected chi connectivity index (χ0v) is 11.0. The second kappa shape index (κ2) is 4.34. The van der Waals surface area contributed by atoms with Gasteiger partial charge in [-0.05, 0) is 28.6 Å². The molecule has 0 fully saturated rings. The van der Waals surface area contributed by atoms with Gasteiger partial charge in [0, 0.05) is 5.41 Å². The summed E-state index contributed by atoms with van der Waals surface area (Å²) in [5.74, 6) is -0.367. The summed E-state index contributed by atoms with van der Waals surface area (Å²) >= 11 is 0. The van der Waals surface area contributed by atoms with Crippen LogP contribution in [0.5, 0.6) is 0 Å². The number of carboxylic acids is 1. The molecule has 0 radical (unpaired) electrons. The highest BCUT2D eigenvalue weighted by Crippen LogP contribution is 2.25. The first kappa shape index (κ1) is 13.0. The summed E-state index contributed by atoms with van der Waals surface area (Å²) in [5.41, 5.74) is 6.65. The summed E-state index contributed by atoms with van der Waals surface area (Å²) < 4.78 is 1.53. The first-order valence-corrected chi connectivity index (χ1v) is 5.73. The lowest BCUT2D eigenvalue weighted by molar-refractivity contribution is 0.0697. The maximum Gasteiger partial charge on any atom is 0.335 e. The molecular formula is C12H15N5O2. The minimum absolute atomic E-state index is 0.131. The molecule has 7 heteroatoms. The third-order valence-corrected chi connectivity index (χ3v) is 2.64. The average Bonchev–Trinajstić information content (AvgIpc) is 2.77. The standard InChI is InChI=1S/C12H15N5O2/c1-12(2,3)11-14-15-16-17(11)9-5-4-7(10(18)19)6-8(9)13/h4-6H,13H2,1-3H3,(H,18,19). The molecule has 100 valence electrons. The Morgan fingerprint density at radius 2 is 2.05 bits per heavy atom. The van der Waals surface area contributed by atoms with Crippen LogP contribution in [0.1, 0.15) is 37.0 Å². The van der Waals surface area contributed by atoms with Crippen LogP contribution in [-0.2, 0) is 5.41 Å². The molecule has 7 nitrogen and oxygen atoms in total. The quantitative estimate of drug-likeness (QED) is 0.787. The highest BCUT2D eigenvalue weighted by atomic mass is 16.4. The number of nitrogen functional groups attached to an aromatic ring is 1. The van der Waals surface area contributed by atoms with Crippen LogP contribution in [0.25, 0.3) is 5.69 Å². The Labute approximate surface area is 110 Å². The lowest BCUT2D eigenvalue weighted by Crippen LogP contribution is -2.19. The third kappa shape index (κ3) is 2.40. The predicted octanol–water partition coefficient (Wildman–Crippen LogP) is 1.24. The van der Waals surface area contributed by atoms with Gasteiger partial charge in [0.1, 0.15) is 0 Å². The molecule has 19 heavy (non-hydrogen) atoms. The largest absolute Gasteiger partial charge is 0.478 e. The van der Waals surface area contributed by atoms with E-state index in [4.69, 9.17) is 10.8 Å². The van der Waals surface area contributed by atoms with Crippen molar-refractivity contribution in [2.24, 2.45) is 0 Å². The Morgan fingerprint density at radius 3 is 2.58 bits per heavy atom. The Kier molecular flexibility index (Phi) is 2.97. The van der Waals surface area contributed by atoms with Crippen molar-refractivity contribution in [1.82, 2.24) is 20.2 Å². The molecule has 3 N–H and O–H groups in total. The number of hydrogen-bond acceptors (Lipinski definition) is 5. The molecule has 0 saturated carbocycles. The fraction of sp³-hybridized carbons (Fsp3) is 0.333. The van der Waals surface area contributed by atoms with E-state index in [0.717, 1.165) is 0 Å². The first-order chi connectivity index (χ1) is 8.80. The second-order valence-electron chi connectivity index (χ2n) is 5.24. The Bertz CT molecular complexity index is 627. The minimum atomic E-state index is -1.02. The molecule has 1 heterocycles. The number of aromatic carboxylic acids is 1. The van der Waals surface area contributed by atoms with E-state index in [1.54, 1.807) is 6.07 Å². The number of rotatable bonds is 2.